The number of hydrogen-bond acceptors (Lipinski definition) is 6. The lowest BCUT2D eigenvalue weighted by Gasteiger charge is -2.08. The molecule has 8 nitrogen and oxygen atoms in total. The number of rotatable bonds is 5. The first-order chi connectivity index (χ1) is 10.1. The van der Waals surface area contributed by atoms with Crippen molar-refractivity contribution >= 4 is 17.6 Å². The van der Waals surface area contributed by atoms with E-state index in [9.17, 15) is 14.7 Å². The average Bonchev–Trinajstić information content (AvgIpc) is 3.10. The average molecular weight is 293 g/mol. The molecule has 1 atom stereocenters. The monoisotopic (exact) mass is 293 g/mol. The fourth-order valence-electron chi connectivity index (χ4n) is 1.62. The minimum Gasteiger partial charge on any atom is -0.467 e. The summed E-state index contributed by atoms with van der Waals surface area (Å²) in [6.45, 7) is 1.80. The molecule has 0 saturated carbocycles. The van der Waals surface area contributed by atoms with Gasteiger partial charge in [0.15, 0.2) is 5.82 Å². The van der Waals surface area contributed by atoms with Crippen molar-refractivity contribution in [3.8, 4) is 0 Å². The first-order valence-corrected chi connectivity index (χ1v) is 6.30. The van der Waals surface area contributed by atoms with Gasteiger partial charge in [-0.05, 0) is 25.5 Å². The maximum absolute atomic E-state index is 11.5. The molecule has 0 unspecified atom stereocenters. The van der Waals surface area contributed by atoms with Crippen LogP contribution in [0, 0.1) is 6.92 Å². The molecule has 0 radical (unpaired) electrons. The van der Waals surface area contributed by atoms with Crippen LogP contribution in [-0.2, 0) is 9.59 Å². The van der Waals surface area contributed by atoms with Crippen molar-refractivity contribution in [2.45, 2.75) is 19.4 Å². The number of aryl methyl sites for hydroxylation is 1. The number of anilines is 1. The molecule has 21 heavy (non-hydrogen) atoms. The van der Waals surface area contributed by atoms with Gasteiger partial charge in [-0.25, -0.2) is 0 Å². The molecule has 2 aromatic heterocycles. The molecule has 2 aromatic rings. The summed E-state index contributed by atoms with van der Waals surface area (Å²) in [6.07, 6.45) is 0.849. The number of nitrogens with one attached hydrogen (secondary N) is 2. The summed E-state index contributed by atoms with van der Waals surface area (Å²) in [5, 5.41) is 18.0. The van der Waals surface area contributed by atoms with E-state index in [1.54, 1.807) is 19.1 Å². The van der Waals surface area contributed by atoms with Crippen LogP contribution in [0.1, 0.15) is 24.0 Å². The van der Waals surface area contributed by atoms with E-state index < -0.39 is 17.9 Å². The van der Waals surface area contributed by atoms with Crippen LogP contribution in [0.4, 0.5) is 5.82 Å². The summed E-state index contributed by atoms with van der Waals surface area (Å²) in [6, 6.07) is 4.78. The van der Waals surface area contributed by atoms with E-state index in [0.29, 0.717) is 11.5 Å². The van der Waals surface area contributed by atoms with Gasteiger partial charge < -0.3 is 19.4 Å². The van der Waals surface area contributed by atoms with Crippen molar-refractivity contribution in [2.24, 2.45) is 0 Å². The number of nitrogens with zero attached hydrogens (tertiary/aromatic N) is 1. The molecule has 8 heteroatoms. The third-order valence-electron chi connectivity index (χ3n) is 2.65. The van der Waals surface area contributed by atoms with Crippen molar-refractivity contribution in [3.05, 3.63) is 36.0 Å². The first kappa shape index (κ1) is 14.8. The van der Waals surface area contributed by atoms with Crippen LogP contribution in [0.25, 0.3) is 0 Å². The molecule has 0 bridgehead atoms. The topological polar surface area (TPSA) is 118 Å². The molecule has 112 valence electrons. The van der Waals surface area contributed by atoms with Gasteiger partial charge in [-0.15, -0.1) is 0 Å². The Bertz CT molecular complexity index is 605. The standard InChI is InChI=1S/C13H15N3O5/c1-8-7-11(16-21-8)15-13(19)12(18)14-5-4-9(17)10-3-2-6-20-10/h2-3,6-7,9,17H,4-5H2,1H3,(H,14,18)(H,15,16,19)/t9-/m1/s1. The fourth-order valence-corrected chi connectivity index (χ4v) is 1.62. The Morgan fingerprint density at radius 3 is 2.86 bits per heavy atom. The number of aliphatic hydroxyl groups is 1. The molecule has 0 spiro atoms. The third kappa shape index (κ3) is 4.18. The molecular weight excluding hydrogens is 278 g/mol. The second-order valence-corrected chi connectivity index (χ2v) is 4.35. The first-order valence-electron chi connectivity index (χ1n) is 6.30. The summed E-state index contributed by atoms with van der Waals surface area (Å²) in [7, 11) is 0. The maximum Gasteiger partial charge on any atom is 0.314 e. The quantitative estimate of drug-likeness (QED) is 0.700. The minimum absolute atomic E-state index is 0.131. The Hall–Kier alpha value is -2.61. The van der Waals surface area contributed by atoms with Crippen molar-refractivity contribution < 1.29 is 23.6 Å². The van der Waals surface area contributed by atoms with Crippen LogP contribution in [0.2, 0.25) is 0 Å². The van der Waals surface area contributed by atoms with Gasteiger partial charge in [-0.3, -0.25) is 14.9 Å². The van der Waals surface area contributed by atoms with E-state index in [-0.39, 0.29) is 18.8 Å². The van der Waals surface area contributed by atoms with Gasteiger partial charge in [0.1, 0.15) is 17.6 Å². The van der Waals surface area contributed by atoms with Crippen LogP contribution >= 0.6 is 0 Å². The number of aromatic nitrogens is 1. The zero-order chi connectivity index (χ0) is 15.2. The molecule has 0 aliphatic heterocycles. The smallest absolute Gasteiger partial charge is 0.314 e. The van der Waals surface area contributed by atoms with Gasteiger partial charge in [-0.1, -0.05) is 5.16 Å². The van der Waals surface area contributed by atoms with E-state index in [1.165, 1.54) is 12.3 Å². The highest BCUT2D eigenvalue weighted by molar-refractivity contribution is 6.39. The molecule has 0 aliphatic carbocycles. The molecule has 0 aliphatic rings. The second kappa shape index (κ2) is 6.71. The van der Waals surface area contributed by atoms with Crippen LogP contribution in [0.3, 0.4) is 0 Å². The van der Waals surface area contributed by atoms with Crippen molar-refractivity contribution in [3.63, 3.8) is 0 Å². The van der Waals surface area contributed by atoms with Gasteiger partial charge >= 0.3 is 11.8 Å². The number of amides is 2. The normalized spacial score (nSPS) is 11.9. The number of hydrogen-bond donors (Lipinski definition) is 3. The lowest BCUT2D eigenvalue weighted by atomic mass is 10.2. The predicted molar refractivity (Wildman–Crippen MR) is 71.2 cm³/mol. The molecule has 0 aromatic carbocycles. The number of carbonyl (C=O) groups is 2. The highest BCUT2D eigenvalue weighted by Gasteiger charge is 2.16. The molecule has 0 saturated heterocycles. The van der Waals surface area contributed by atoms with Gasteiger partial charge in [0.2, 0.25) is 0 Å². The Morgan fingerprint density at radius 1 is 1.43 bits per heavy atom. The van der Waals surface area contributed by atoms with Crippen molar-refractivity contribution in [1.82, 2.24) is 10.5 Å². The van der Waals surface area contributed by atoms with Crippen LogP contribution in [0.5, 0.6) is 0 Å². The Morgan fingerprint density at radius 2 is 2.24 bits per heavy atom. The van der Waals surface area contributed by atoms with E-state index in [0.717, 1.165) is 0 Å². The van der Waals surface area contributed by atoms with Crippen molar-refractivity contribution in [1.29, 1.82) is 0 Å². The molecule has 2 heterocycles. The number of aliphatic hydroxyl groups excluding tert-OH is 1. The van der Waals surface area contributed by atoms with Gasteiger partial charge in [0.05, 0.1) is 6.26 Å². The zero-order valence-electron chi connectivity index (χ0n) is 11.3. The third-order valence-corrected chi connectivity index (χ3v) is 2.65. The Kier molecular flexibility index (Phi) is 4.72. The summed E-state index contributed by atoms with van der Waals surface area (Å²) in [5.74, 6) is -0.569. The van der Waals surface area contributed by atoms with Crippen LogP contribution in [0.15, 0.2) is 33.4 Å². The predicted octanol–water partition coefficient (Wildman–Crippen LogP) is 0.754. The highest BCUT2D eigenvalue weighted by atomic mass is 16.5. The Labute approximate surface area is 120 Å². The summed E-state index contributed by atoms with van der Waals surface area (Å²) >= 11 is 0. The summed E-state index contributed by atoms with van der Waals surface area (Å²) in [4.78, 5) is 23.1. The van der Waals surface area contributed by atoms with Gasteiger partial charge in [0.25, 0.3) is 0 Å². The molecule has 3 N–H and O–H groups in total. The van der Waals surface area contributed by atoms with Crippen molar-refractivity contribution in [2.75, 3.05) is 11.9 Å². The SMILES string of the molecule is Cc1cc(NC(=O)C(=O)NCC[C@@H](O)c2ccco2)no1. The largest absolute Gasteiger partial charge is 0.467 e. The van der Waals surface area contributed by atoms with Gasteiger partial charge in [0, 0.05) is 12.6 Å². The highest BCUT2D eigenvalue weighted by Crippen LogP contribution is 2.15. The second-order valence-electron chi connectivity index (χ2n) is 4.35. The van der Waals surface area contributed by atoms with Crippen LogP contribution < -0.4 is 10.6 Å². The molecule has 2 amide bonds. The summed E-state index contributed by atoms with van der Waals surface area (Å²) < 4.78 is 9.78. The maximum atomic E-state index is 11.5. The zero-order valence-corrected chi connectivity index (χ0v) is 11.3. The number of furan rings is 1. The lowest BCUT2D eigenvalue weighted by Crippen LogP contribution is -2.36. The number of carbonyl (C=O) groups excluding carboxylic acids is 2. The van der Waals surface area contributed by atoms with Gasteiger partial charge in [-0.2, -0.15) is 0 Å². The van der Waals surface area contributed by atoms with E-state index in [4.69, 9.17) is 8.94 Å². The Balaban J connectivity index is 1.72. The lowest BCUT2D eigenvalue weighted by molar-refractivity contribution is -0.136. The van der Waals surface area contributed by atoms with E-state index in [1.807, 2.05) is 0 Å². The molecule has 2 rings (SSSR count). The minimum atomic E-state index is -0.851. The molecular formula is C13H15N3O5. The van der Waals surface area contributed by atoms with Crippen LogP contribution in [-0.4, -0.2) is 28.6 Å². The molecule has 0 fully saturated rings. The van der Waals surface area contributed by atoms with E-state index >= 15 is 0 Å². The summed E-state index contributed by atoms with van der Waals surface area (Å²) in [5.41, 5.74) is 0. The van der Waals surface area contributed by atoms with E-state index in [2.05, 4.69) is 15.8 Å². The fraction of sp³-hybridized carbons (Fsp3) is 0.308.